The van der Waals surface area contributed by atoms with Crippen LogP contribution in [0.3, 0.4) is 0 Å². The first-order chi connectivity index (χ1) is 11.1. The summed E-state index contributed by atoms with van der Waals surface area (Å²) in [5, 5.41) is 5.88. The zero-order valence-corrected chi connectivity index (χ0v) is 14.8. The highest BCUT2D eigenvalue weighted by Gasteiger charge is 2.19. The molecule has 2 rings (SSSR count). The lowest BCUT2D eigenvalue weighted by atomic mass is 10.2. The summed E-state index contributed by atoms with van der Waals surface area (Å²) >= 11 is 1.60. The molecule has 0 aliphatic heterocycles. The van der Waals surface area contributed by atoms with E-state index in [1.54, 1.807) is 25.6 Å². The molecule has 0 aromatic carbocycles. The Hall–Kier alpha value is -1.70. The third-order valence-electron chi connectivity index (χ3n) is 3.60. The molecule has 23 heavy (non-hydrogen) atoms. The van der Waals surface area contributed by atoms with E-state index in [0.29, 0.717) is 31.9 Å². The van der Waals surface area contributed by atoms with E-state index < -0.39 is 0 Å². The second kappa shape index (κ2) is 8.24. The Bertz CT molecular complexity index is 664. The normalized spacial score (nSPS) is 11.0. The molecule has 1 amide bonds. The van der Waals surface area contributed by atoms with Crippen molar-refractivity contribution in [3.63, 3.8) is 0 Å². The van der Waals surface area contributed by atoms with Crippen LogP contribution in [0.1, 0.15) is 21.1 Å². The first kappa shape index (κ1) is 17.7. The number of hydrogen-bond donors (Lipinski definition) is 1. The Morgan fingerprint density at radius 1 is 1.30 bits per heavy atom. The van der Waals surface area contributed by atoms with Crippen LogP contribution in [0, 0.1) is 13.8 Å². The monoisotopic (exact) mass is 337 g/mol. The fraction of sp³-hybridized carbons (Fsp3) is 0.500. The molecule has 0 spiro atoms. The predicted molar refractivity (Wildman–Crippen MR) is 91.1 cm³/mol. The molecule has 0 saturated heterocycles. The van der Waals surface area contributed by atoms with E-state index in [4.69, 9.17) is 9.47 Å². The van der Waals surface area contributed by atoms with Gasteiger partial charge in [0.05, 0.1) is 35.2 Å². The summed E-state index contributed by atoms with van der Waals surface area (Å²) in [5.41, 5.74) is 3.42. The van der Waals surface area contributed by atoms with Gasteiger partial charge in [-0.25, -0.2) is 4.98 Å². The molecule has 0 atom stereocenters. The number of aromatic nitrogens is 2. The molecule has 2 aromatic heterocycles. The van der Waals surface area contributed by atoms with Crippen molar-refractivity contribution in [1.29, 1.82) is 0 Å². The highest BCUT2D eigenvalue weighted by molar-refractivity contribution is 7.09. The molecule has 0 aliphatic carbocycles. The third-order valence-corrected chi connectivity index (χ3v) is 4.38. The van der Waals surface area contributed by atoms with E-state index >= 15 is 0 Å². The zero-order chi connectivity index (χ0) is 16.8. The van der Waals surface area contributed by atoms with E-state index in [-0.39, 0.29) is 5.91 Å². The average Bonchev–Trinajstić information content (AvgIpc) is 3.09. The molecule has 7 heteroatoms. The number of hydrogen-bond acceptors (Lipinski definition) is 5. The molecule has 0 radical (unpaired) electrons. The molecule has 0 saturated carbocycles. The summed E-state index contributed by atoms with van der Waals surface area (Å²) < 4.78 is 12.2. The van der Waals surface area contributed by atoms with Crippen LogP contribution in [0.2, 0.25) is 0 Å². The van der Waals surface area contributed by atoms with Gasteiger partial charge >= 0.3 is 0 Å². The van der Waals surface area contributed by atoms with Crippen molar-refractivity contribution in [2.45, 2.75) is 20.4 Å². The Morgan fingerprint density at radius 3 is 2.65 bits per heavy atom. The molecule has 2 aromatic rings. The SMILES string of the molecule is COCCNC(=O)c1cc(-c2csc(C)n2)n(CCOC)c1C. The zero-order valence-electron chi connectivity index (χ0n) is 14.0. The summed E-state index contributed by atoms with van der Waals surface area (Å²) in [5.74, 6) is -0.0936. The van der Waals surface area contributed by atoms with E-state index in [1.807, 2.05) is 25.3 Å². The Kier molecular flexibility index (Phi) is 6.32. The molecule has 126 valence electrons. The second-order valence-corrected chi connectivity index (χ2v) is 6.24. The minimum absolute atomic E-state index is 0.0936. The average molecular weight is 337 g/mol. The van der Waals surface area contributed by atoms with E-state index in [0.717, 1.165) is 22.1 Å². The smallest absolute Gasteiger partial charge is 0.253 e. The minimum Gasteiger partial charge on any atom is -0.383 e. The fourth-order valence-corrected chi connectivity index (χ4v) is 3.01. The maximum atomic E-state index is 12.4. The van der Waals surface area contributed by atoms with Gasteiger partial charge in [-0.3, -0.25) is 4.79 Å². The molecule has 0 aliphatic rings. The van der Waals surface area contributed by atoms with Gasteiger partial charge in [-0.1, -0.05) is 0 Å². The predicted octanol–water partition coefficient (Wildman–Crippen LogP) is 2.25. The largest absolute Gasteiger partial charge is 0.383 e. The lowest BCUT2D eigenvalue weighted by Gasteiger charge is -2.10. The number of ether oxygens (including phenoxy) is 2. The molecule has 0 unspecified atom stereocenters. The Morgan fingerprint density at radius 2 is 2.04 bits per heavy atom. The molecule has 0 bridgehead atoms. The number of thiazole rings is 1. The van der Waals surface area contributed by atoms with Gasteiger partial charge in [0.2, 0.25) is 0 Å². The van der Waals surface area contributed by atoms with E-state index in [1.165, 1.54) is 0 Å². The summed E-state index contributed by atoms with van der Waals surface area (Å²) in [6, 6.07) is 1.90. The number of carbonyl (C=O) groups is 1. The molecule has 2 heterocycles. The van der Waals surface area contributed by atoms with E-state index in [9.17, 15) is 4.79 Å². The number of amides is 1. The number of aryl methyl sites for hydroxylation is 1. The Labute approximate surface area is 140 Å². The highest BCUT2D eigenvalue weighted by Crippen LogP contribution is 2.27. The van der Waals surface area contributed by atoms with Gasteiger partial charge in [0.15, 0.2) is 0 Å². The van der Waals surface area contributed by atoms with Crippen LogP contribution >= 0.6 is 11.3 Å². The first-order valence-electron chi connectivity index (χ1n) is 7.47. The molecule has 1 N–H and O–H groups in total. The van der Waals surface area contributed by atoms with Crippen molar-refractivity contribution in [2.24, 2.45) is 0 Å². The van der Waals surface area contributed by atoms with Gasteiger partial charge < -0.3 is 19.4 Å². The van der Waals surface area contributed by atoms with Gasteiger partial charge in [-0.2, -0.15) is 0 Å². The number of methoxy groups -OCH3 is 2. The van der Waals surface area contributed by atoms with Crippen molar-refractivity contribution in [3.8, 4) is 11.4 Å². The van der Waals surface area contributed by atoms with Crippen molar-refractivity contribution < 1.29 is 14.3 Å². The van der Waals surface area contributed by atoms with Gasteiger partial charge in [-0.05, 0) is 19.9 Å². The summed E-state index contributed by atoms with van der Waals surface area (Å²) in [6.07, 6.45) is 0. The number of rotatable bonds is 8. The number of carbonyl (C=O) groups excluding carboxylic acids is 1. The van der Waals surface area contributed by atoms with Crippen LogP contribution in [0.15, 0.2) is 11.4 Å². The van der Waals surface area contributed by atoms with Gasteiger partial charge in [0, 0.05) is 38.4 Å². The topological polar surface area (TPSA) is 65.4 Å². The first-order valence-corrected chi connectivity index (χ1v) is 8.35. The highest BCUT2D eigenvalue weighted by atomic mass is 32.1. The van der Waals surface area contributed by atoms with Crippen molar-refractivity contribution in [3.05, 3.63) is 27.7 Å². The quantitative estimate of drug-likeness (QED) is 0.751. The van der Waals surface area contributed by atoms with Crippen LogP contribution in [0.25, 0.3) is 11.4 Å². The van der Waals surface area contributed by atoms with Gasteiger partial charge in [0.1, 0.15) is 0 Å². The van der Waals surface area contributed by atoms with E-state index in [2.05, 4.69) is 14.9 Å². The lowest BCUT2D eigenvalue weighted by molar-refractivity contribution is 0.0936. The lowest BCUT2D eigenvalue weighted by Crippen LogP contribution is -2.27. The van der Waals surface area contributed by atoms with Crippen LogP contribution in [-0.2, 0) is 16.0 Å². The molecule has 0 fully saturated rings. The van der Waals surface area contributed by atoms with Crippen LogP contribution < -0.4 is 5.32 Å². The summed E-state index contributed by atoms with van der Waals surface area (Å²) in [4.78, 5) is 16.9. The fourth-order valence-electron chi connectivity index (χ4n) is 2.40. The van der Waals surface area contributed by atoms with Crippen molar-refractivity contribution in [1.82, 2.24) is 14.9 Å². The molecular formula is C16H23N3O3S. The Balaban J connectivity index is 2.33. The minimum atomic E-state index is -0.0936. The molecular weight excluding hydrogens is 314 g/mol. The standard InChI is InChI=1S/C16H23N3O3S/c1-11-13(16(20)17-5-7-21-3)9-15(19(11)6-8-22-4)14-10-23-12(2)18-14/h9-10H,5-8H2,1-4H3,(H,17,20). The van der Waals surface area contributed by atoms with Crippen LogP contribution in [0.4, 0.5) is 0 Å². The summed E-state index contributed by atoms with van der Waals surface area (Å²) in [7, 11) is 3.28. The molecule has 6 nitrogen and oxygen atoms in total. The maximum absolute atomic E-state index is 12.4. The van der Waals surface area contributed by atoms with Gasteiger partial charge in [0.25, 0.3) is 5.91 Å². The summed E-state index contributed by atoms with van der Waals surface area (Å²) in [6.45, 7) is 6.16. The van der Waals surface area contributed by atoms with Crippen LogP contribution in [0.5, 0.6) is 0 Å². The third kappa shape index (κ3) is 4.19. The van der Waals surface area contributed by atoms with Crippen molar-refractivity contribution >= 4 is 17.2 Å². The second-order valence-electron chi connectivity index (χ2n) is 5.17. The van der Waals surface area contributed by atoms with Crippen molar-refractivity contribution in [2.75, 3.05) is 34.0 Å². The number of nitrogens with one attached hydrogen (secondary N) is 1. The maximum Gasteiger partial charge on any atom is 0.253 e. The van der Waals surface area contributed by atoms with Crippen LogP contribution in [-0.4, -0.2) is 49.4 Å². The van der Waals surface area contributed by atoms with Gasteiger partial charge in [-0.15, -0.1) is 11.3 Å². The number of nitrogens with zero attached hydrogens (tertiary/aromatic N) is 2.